The first-order valence-electron chi connectivity index (χ1n) is 8.02. The Hall–Kier alpha value is 0.490. The fraction of sp³-hybridized carbons (Fsp3) is 0.824. The first-order valence-corrected chi connectivity index (χ1v) is 12.5. The van der Waals surface area contributed by atoms with Crippen LogP contribution >= 0.6 is 71.0 Å². The van der Waals surface area contributed by atoms with Crippen LogP contribution in [0.25, 0.3) is 0 Å². The predicted octanol–water partition coefficient (Wildman–Crippen LogP) is 6.52. The summed E-state index contributed by atoms with van der Waals surface area (Å²) in [6.07, 6.45) is 3.07. The van der Waals surface area contributed by atoms with Crippen LogP contribution in [0.15, 0.2) is 0 Å². The molecule has 0 heterocycles. The topological polar surface area (TPSA) is 71.4 Å². The number of nitrogens with zero attached hydrogens (tertiary/aromatic N) is 3. The average Bonchev–Trinajstić information content (AvgIpc) is 2.65. The van der Waals surface area contributed by atoms with E-state index < -0.39 is 16.2 Å². The molecule has 8 heteroatoms. The zero-order valence-corrected chi connectivity index (χ0v) is 20.3. The summed E-state index contributed by atoms with van der Waals surface area (Å²) in [5.74, 6) is 0.664. The van der Waals surface area contributed by atoms with E-state index in [1.165, 1.54) is 0 Å². The van der Waals surface area contributed by atoms with Gasteiger partial charge in [-0.1, -0.05) is 47.8 Å². The van der Waals surface area contributed by atoms with Crippen molar-refractivity contribution in [2.45, 2.75) is 38.5 Å². The predicted molar refractivity (Wildman–Crippen MR) is 115 cm³/mol. The molecular weight excluding hydrogens is 557 g/mol. The van der Waals surface area contributed by atoms with Gasteiger partial charge in [0.25, 0.3) is 0 Å². The fourth-order valence-electron chi connectivity index (χ4n) is 3.56. The Morgan fingerprint density at radius 3 is 1.68 bits per heavy atom. The van der Waals surface area contributed by atoms with Gasteiger partial charge in [0.2, 0.25) is 0 Å². The highest BCUT2D eigenvalue weighted by atomic mass is 79.9. The Kier molecular flexibility index (Phi) is 13.1. The average molecular weight is 579 g/mol. The first kappa shape index (κ1) is 25.5. The third kappa shape index (κ3) is 5.27. The number of nitriles is 3. The lowest BCUT2D eigenvalue weighted by atomic mass is 9.48. The molecule has 3 nitrogen and oxygen atoms in total. The second kappa shape index (κ2) is 12.8. The van der Waals surface area contributed by atoms with Gasteiger partial charge in [0.05, 0.1) is 34.5 Å². The van der Waals surface area contributed by atoms with Gasteiger partial charge in [-0.25, -0.2) is 0 Å². The van der Waals surface area contributed by atoms with Crippen LogP contribution in [-0.4, -0.2) is 27.8 Å². The maximum Gasteiger partial charge on any atom is 0.0954 e. The normalized spacial score (nSPS) is 18.0. The molecule has 0 saturated heterocycles. The van der Waals surface area contributed by atoms with Crippen LogP contribution in [-0.2, 0) is 0 Å². The van der Waals surface area contributed by atoms with E-state index in [-0.39, 0.29) is 5.88 Å². The Labute approximate surface area is 186 Å². The summed E-state index contributed by atoms with van der Waals surface area (Å²) in [6.45, 7) is 0. The van der Waals surface area contributed by atoms with Crippen molar-refractivity contribution in [3.05, 3.63) is 0 Å². The number of rotatable bonds is 13. The molecule has 0 N–H and O–H groups in total. The standard InChI is InChI=1S/C17H22Br3Cl2N3/c18-7-1-4-17(14-25,16(11-20,13-24)6-10-22)15(12-23,5-8-19)3-2-9-21/h1-11H2. The lowest BCUT2D eigenvalue weighted by molar-refractivity contribution is 0.0228. The third-order valence-electron chi connectivity index (χ3n) is 4.95. The summed E-state index contributed by atoms with van der Waals surface area (Å²) in [6, 6.07) is 7.26. The van der Waals surface area contributed by atoms with Crippen molar-refractivity contribution in [3.8, 4) is 18.2 Å². The minimum absolute atomic E-state index is 0.252. The highest BCUT2D eigenvalue weighted by molar-refractivity contribution is 9.09. The van der Waals surface area contributed by atoms with Gasteiger partial charge in [-0.15, -0.1) is 23.2 Å². The number of halogens is 5. The summed E-state index contributed by atoms with van der Waals surface area (Å²) in [7, 11) is 0. The second-order valence-corrected chi connectivity index (χ2v) is 8.90. The molecular formula is C17H22Br3Cl2N3. The molecule has 140 valence electrons. The van der Waals surface area contributed by atoms with E-state index in [0.717, 1.165) is 0 Å². The quantitative estimate of drug-likeness (QED) is 0.234. The minimum atomic E-state index is -1.14. The second-order valence-electron chi connectivity index (χ2n) is 6.00. The van der Waals surface area contributed by atoms with E-state index in [9.17, 15) is 15.8 Å². The third-order valence-corrected chi connectivity index (χ3v) is 7.32. The van der Waals surface area contributed by atoms with Crippen LogP contribution in [0.2, 0.25) is 0 Å². The molecule has 0 aromatic heterocycles. The smallest absolute Gasteiger partial charge is 0.0954 e. The van der Waals surface area contributed by atoms with Crippen molar-refractivity contribution in [2.24, 2.45) is 16.2 Å². The van der Waals surface area contributed by atoms with E-state index in [2.05, 4.69) is 66.0 Å². The van der Waals surface area contributed by atoms with Crippen molar-refractivity contribution in [1.82, 2.24) is 0 Å². The molecule has 3 unspecified atom stereocenters. The number of hydrogen-bond donors (Lipinski definition) is 0. The molecule has 0 aliphatic heterocycles. The number of hydrogen-bond acceptors (Lipinski definition) is 3. The van der Waals surface area contributed by atoms with Gasteiger partial charge in [-0.05, 0) is 38.5 Å². The summed E-state index contributed by atoms with van der Waals surface area (Å²) in [5.41, 5.74) is -3.16. The minimum Gasteiger partial charge on any atom is -0.198 e. The van der Waals surface area contributed by atoms with Gasteiger partial charge >= 0.3 is 0 Å². The molecule has 0 aliphatic carbocycles. The largest absolute Gasteiger partial charge is 0.198 e. The zero-order chi connectivity index (χ0) is 19.4. The molecule has 3 atom stereocenters. The lowest BCUT2D eigenvalue weighted by Crippen LogP contribution is -2.54. The zero-order valence-electron chi connectivity index (χ0n) is 14.0. The number of alkyl halides is 5. The van der Waals surface area contributed by atoms with Gasteiger partial charge in [0.1, 0.15) is 0 Å². The van der Waals surface area contributed by atoms with Gasteiger partial charge in [0, 0.05) is 27.8 Å². The Morgan fingerprint density at radius 1 is 0.680 bits per heavy atom. The molecule has 0 radical (unpaired) electrons. The molecule has 0 spiro atoms. The molecule has 0 fully saturated rings. The van der Waals surface area contributed by atoms with Crippen molar-refractivity contribution in [2.75, 3.05) is 27.8 Å². The van der Waals surface area contributed by atoms with Gasteiger partial charge in [0.15, 0.2) is 0 Å². The van der Waals surface area contributed by atoms with Crippen molar-refractivity contribution in [3.63, 3.8) is 0 Å². The Bertz CT molecular complexity index is 529. The molecule has 0 aliphatic rings. The van der Waals surface area contributed by atoms with Gasteiger partial charge in [-0.2, -0.15) is 15.8 Å². The van der Waals surface area contributed by atoms with Crippen molar-refractivity contribution >= 4 is 71.0 Å². The molecule has 0 bridgehead atoms. The highest BCUT2D eigenvalue weighted by Gasteiger charge is 2.63. The van der Waals surface area contributed by atoms with Crippen LogP contribution in [0, 0.1) is 50.2 Å². The summed E-state index contributed by atoms with van der Waals surface area (Å²) in [5, 5.41) is 32.2. The first-order chi connectivity index (χ1) is 12.0. The van der Waals surface area contributed by atoms with Crippen molar-refractivity contribution < 1.29 is 0 Å². The van der Waals surface area contributed by atoms with Crippen LogP contribution in [0.5, 0.6) is 0 Å². The maximum absolute atomic E-state index is 10.3. The van der Waals surface area contributed by atoms with E-state index in [1.54, 1.807) is 0 Å². The summed E-state index contributed by atoms with van der Waals surface area (Å²) < 4.78 is 0. The van der Waals surface area contributed by atoms with Crippen LogP contribution < -0.4 is 0 Å². The van der Waals surface area contributed by atoms with E-state index >= 15 is 0 Å². The van der Waals surface area contributed by atoms with E-state index in [4.69, 9.17) is 23.2 Å². The van der Waals surface area contributed by atoms with E-state index in [1.807, 2.05) is 0 Å². The van der Waals surface area contributed by atoms with Gasteiger partial charge < -0.3 is 0 Å². The lowest BCUT2D eigenvalue weighted by Gasteiger charge is -2.50. The monoisotopic (exact) mass is 575 g/mol. The molecule has 0 amide bonds. The van der Waals surface area contributed by atoms with Crippen molar-refractivity contribution in [1.29, 1.82) is 15.8 Å². The summed E-state index contributed by atoms with van der Waals surface area (Å²) >= 11 is 22.2. The molecule has 0 aromatic carbocycles. The molecule has 0 aromatic rings. The molecule has 25 heavy (non-hydrogen) atoms. The highest BCUT2D eigenvalue weighted by Crippen LogP contribution is 2.60. The molecule has 0 saturated carbocycles. The fourth-order valence-corrected chi connectivity index (χ4v) is 5.86. The Morgan fingerprint density at radius 2 is 1.32 bits per heavy atom. The van der Waals surface area contributed by atoms with Crippen LogP contribution in [0.4, 0.5) is 0 Å². The Balaban J connectivity index is 6.65. The summed E-state index contributed by atoms with van der Waals surface area (Å²) in [4.78, 5) is 0. The maximum atomic E-state index is 10.3. The SMILES string of the molecule is N#CC(CBr)(CCCl)C(C#N)(CCCBr)C(C#N)(CCBr)CCCCl. The molecule has 0 rings (SSSR count). The van der Waals surface area contributed by atoms with Crippen LogP contribution in [0.1, 0.15) is 38.5 Å². The van der Waals surface area contributed by atoms with Crippen LogP contribution in [0.3, 0.4) is 0 Å². The van der Waals surface area contributed by atoms with E-state index in [0.29, 0.717) is 60.4 Å². The van der Waals surface area contributed by atoms with Gasteiger partial charge in [-0.3, -0.25) is 0 Å².